The number of nitrogens with one attached hydrogen (secondary N) is 2. The van der Waals surface area contributed by atoms with Crippen LogP contribution >= 0.6 is 0 Å². The Bertz CT molecular complexity index is 738. The van der Waals surface area contributed by atoms with Gasteiger partial charge in [-0.2, -0.15) is 0 Å². The average Bonchev–Trinajstić information content (AvgIpc) is 2.61. The van der Waals surface area contributed by atoms with Crippen LogP contribution in [-0.4, -0.2) is 29.4 Å². The Balaban J connectivity index is 1.72. The number of aryl methyl sites for hydroxylation is 1. The molecule has 0 aliphatic carbocycles. The number of carbonyl (C=O) groups excluding carboxylic acids is 2. The lowest BCUT2D eigenvalue weighted by Crippen LogP contribution is -2.41. The molecule has 132 valence electrons. The van der Waals surface area contributed by atoms with E-state index < -0.39 is 17.5 Å². The molecule has 25 heavy (non-hydrogen) atoms. The third-order valence-electron chi connectivity index (χ3n) is 3.56. The first-order chi connectivity index (χ1) is 12.0. The lowest BCUT2D eigenvalue weighted by atomic mass is 10.1. The molecule has 1 aromatic carbocycles. The number of halogens is 2. The van der Waals surface area contributed by atoms with E-state index in [0.717, 1.165) is 12.1 Å². The molecule has 5 nitrogen and oxygen atoms in total. The number of hydrogen-bond acceptors (Lipinski definition) is 3. The normalized spacial score (nSPS) is 11.6. The van der Waals surface area contributed by atoms with Crippen molar-refractivity contribution in [2.75, 3.05) is 6.54 Å². The van der Waals surface area contributed by atoms with Crippen LogP contribution in [0, 0.1) is 11.6 Å². The number of hydrogen-bond donors (Lipinski definition) is 2. The SMILES string of the molecule is CC(CCc1ccc(F)c(F)c1)NC(=O)CNC(=O)c1ccccn1. The molecule has 0 aliphatic rings. The maximum atomic E-state index is 13.1. The standard InChI is InChI=1S/C18H19F2N3O2/c1-12(5-6-13-7-8-14(19)15(20)10-13)23-17(24)11-22-18(25)16-4-2-3-9-21-16/h2-4,7-10,12H,5-6,11H2,1H3,(H,22,25)(H,23,24). The van der Waals surface area contributed by atoms with Gasteiger partial charge in [-0.25, -0.2) is 8.78 Å². The van der Waals surface area contributed by atoms with Gasteiger partial charge in [-0.15, -0.1) is 0 Å². The smallest absolute Gasteiger partial charge is 0.270 e. The second-order valence-electron chi connectivity index (χ2n) is 5.65. The van der Waals surface area contributed by atoms with Crippen molar-refractivity contribution in [2.24, 2.45) is 0 Å². The number of pyridine rings is 1. The summed E-state index contributed by atoms with van der Waals surface area (Å²) < 4.78 is 26.0. The molecule has 0 radical (unpaired) electrons. The molecule has 1 unspecified atom stereocenters. The van der Waals surface area contributed by atoms with Crippen molar-refractivity contribution in [1.82, 2.24) is 15.6 Å². The Morgan fingerprint density at radius 2 is 1.96 bits per heavy atom. The van der Waals surface area contributed by atoms with Crippen LogP contribution in [0.25, 0.3) is 0 Å². The van der Waals surface area contributed by atoms with E-state index >= 15 is 0 Å². The Morgan fingerprint density at radius 1 is 1.16 bits per heavy atom. The third-order valence-corrected chi connectivity index (χ3v) is 3.56. The number of carbonyl (C=O) groups is 2. The summed E-state index contributed by atoms with van der Waals surface area (Å²) in [6, 6.07) is 8.50. The lowest BCUT2D eigenvalue weighted by Gasteiger charge is -2.14. The molecule has 2 aromatic rings. The first-order valence-corrected chi connectivity index (χ1v) is 7.88. The van der Waals surface area contributed by atoms with Crippen molar-refractivity contribution in [3.8, 4) is 0 Å². The molecule has 2 amide bonds. The number of benzene rings is 1. The van der Waals surface area contributed by atoms with Crippen molar-refractivity contribution in [3.05, 3.63) is 65.5 Å². The number of rotatable bonds is 7. The molecule has 0 saturated carbocycles. The van der Waals surface area contributed by atoms with Gasteiger partial charge in [0, 0.05) is 12.2 Å². The summed E-state index contributed by atoms with van der Waals surface area (Å²) in [5.74, 6) is -2.52. The summed E-state index contributed by atoms with van der Waals surface area (Å²) in [7, 11) is 0. The molecular weight excluding hydrogens is 328 g/mol. The van der Waals surface area contributed by atoms with Gasteiger partial charge in [0.25, 0.3) is 5.91 Å². The molecule has 0 saturated heterocycles. The van der Waals surface area contributed by atoms with E-state index in [1.54, 1.807) is 25.1 Å². The fraction of sp³-hybridized carbons (Fsp3) is 0.278. The second-order valence-corrected chi connectivity index (χ2v) is 5.65. The summed E-state index contributed by atoms with van der Waals surface area (Å²) in [6.45, 7) is 1.64. The van der Waals surface area contributed by atoms with Crippen LogP contribution in [0.4, 0.5) is 8.78 Å². The highest BCUT2D eigenvalue weighted by Crippen LogP contribution is 2.11. The zero-order chi connectivity index (χ0) is 18.2. The van der Waals surface area contributed by atoms with Gasteiger partial charge < -0.3 is 10.6 Å². The highest BCUT2D eigenvalue weighted by Gasteiger charge is 2.11. The van der Waals surface area contributed by atoms with E-state index in [4.69, 9.17) is 0 Å². The summed E-state index contributed by atoms with van der Waals surface area (Å²) in [4.78, 5) is 27.5. The molecule has 0 fully saturated rings. The molecule has 1 atom stereocenters. The molecule has 2 rings (SSSR count). The summed E-state index contributed by atoms with van der Waals surface area (Å²) >= 11 is 0. The zero-order valence-electron chi connectivity index (χ0n) is 13.8. The highest BCUT2D eigenvalue weighted by atomic mass is 19.2. The van der Waals surface area contributed by atoms with Crippen LogP contribution < -0.4 is 10.6 Å². The Hall–Kier alpha value is -2.83. The maximum Gasteiger partial charge on any atom is 0.270 e. The summed E-state index contributed by atoms with van der Waals surface area (Å²) in [6.07, 6.45) is 2.55. The Labute approximate surface area is 144 Å². The van der Waals surface area contributed by atoms with E-state index in [2.05, 4.69) is 15.6 Å². The molecule has 0 aliphatic heterocycles. The van der Waals surface area contributed by atoms with Gasteiger partial charge in [0.2, 0.25) is 5.91 Å². The fourth-order valence-corrected chi connectivity index (χ4v) is 2.22. The Kier molecular flexibility index (Phi) is 6.56. The topological polar surface area (TPSA) is 71.1 Å². The minimum absolute atomic E-state index is 0.162. The highest BCUT2D eigenvalue weighted by molar-refractivity contribution is 5.94. The maximum absolute atomic E-state index is 13.1. The van der Waals surface area contributed by atoms with Crippen LogP contribution in [0.5, 0.6) is 0 Å². The van der Waals surface area contributed by atoms with Crippen molar-refractivity contribution in [1.29, 1.82) is 0 Å². The first-order valence-electron chi connectivity index (χ1n) is 7.88. The third kappa shape index (κ3) is 5.95. The van der Waals surface area contributed by atoms with E-state index in [1.165, 1.54) is 12.3 Å². The number of nitrogens with zero attached hydrogens (tertiary/aromatic N) is 1. The molecule has 0 spiro atoms. The predicted molar refractivity (Wildman–Crippen MR) is 88.9 cm³/mol. The van der Waals surface area contributed by atoms with Gasteiger partial charge in [0.1, 0.15) is 5.69 Å². The molecule has 0 bridgehead atoms. The van der Waals surface area contributed by atoms with E-state index in [0.29, 0.717) is 18.4 Å². The zero-order valence-corrected chi connectivity index (χ0v) is 13.8. The van der Waals surface area contributed by atoms with Gasteiger partial charge in [0.05, 0.1) is 6.54 Å². The predicted octanol–water partition coefficient (Wildman–Crippen LogP) is 2.23. The van der Waals surface area contributed by atoms with Gasteiger partial charge in [0.15, 0.2) is 11.6 Å². The minimum Gasteiger partial charge on any atom is -0.352 e. The van der Waals surface area contributed by atoms with Crippen molar-refractivity contribution < 1.29 is 18.4 Å². The molecule has 7 heteroatoms. The van der Waals surface area contributed by atoms with Crippen LogP contribution in [-0.2, 0) is 11.2 Å². The largest absolute Gasteiger partial charge is 0.352 e. The summed E-state index contributed by atoms with van der Waals surface area (Å²) in [5, 5.41) is 5.23. The second kappa shape index (κ2) is 8.86. The van der Waals surface area contributed by atoms with Crippen molar-refractivity contribution in [2.45, 2.75) is 25.8 Å². The molecular formula is C18H19F2N3O2. The fourth-order valence-electron chi connectivity index (χ4n) is 2.22. The van der Waals surface area contributed by atoms with Crippen LogP contribution in [0.3, 0.4) is 0 Å². The van der Waals surface area contributed by atoms with E-state index in [9.17, 15) is 18.4 Å². The van der Waals surface area contributed by atoms with Crippen LogP contribution in [0.15, 0.2) is 42.6 Å². The van der Waals surface area contributed by atoms with Gasteiger partial charge >= 0.3 is 0 Å². The number of amides is 2. The summed E-state index contributed by atoms with van der Waals surface area (Å²) in [5.41, 5.74) is 0.894. The van der Waals surface area contributed by atoms with Crippen molar-refractivity contribution in [3.63, 3.8) is 0 Å². The first kappa shape index (κ1) is 18.5. The average molecular weight is 347 g/mol. The van der Waals surface area contributed by atoms with Crippen molar-refractivity contribution >= 4 is 11.8 Å². The monoisotopic (exact) mass is 347 g/mol. The quantitative estimate of drug-likeness (QED) is 0.807. The number of aromatic nitrogens is 1. The van der Waals surface area contributed by atoms with Gasteiger partial charge in [-0.05, 0) is 49.6 Å². The molecule has 2 N–H and O–H groups in total. The van der Waals surface area contributed by atoms with Crippen LogP contribution in [0.2, 0.25) is 0 Å². The van der Waals surface area contributed by atoms with Gasteiger partial charge in [-0.1, -0.05) is 12.1 Å². The molecule has 1 heterocycles. The van der Waals surface area contributed by atoms with E-state index in [-0.39, 0.29) is 24.2 Å². The Morgan fingerprint density at radius 3 is 2.64 bits per heavy atom. The lowest BCUT2D eigenvalue weighted by molar-refractivity contribution is -0.120. The van der Waals surface area contributed by atoms with Crippen LogP contribution in [0.1, 0.15) is 29.4 Å². The molecule has 1 aromatic heterocycles. The van der Waals surface area contributed by atoms with Gasteiger partial charge in [-0.3, -0.25) is 14.6 Å². The van der Waals surface area contributed by atoms with E-state index in [1.807, 2.05) is 0 Å². The minimum atomic E-state index is -0.883.